The van der Waals surface area contributed by atoms with Gasteiger partial charge in [-0.15, -0.1) is 16.7 Å². The molecule has 96 valence electrons. The lowest BCUT2D eigenvalue weighted by molar-refractivity contribution is 0.212. The zero-order chi connectivity index (χ0) is 12.1. The van der Waals surface area contributed by atoms with Crippen LogP contribution in [0.1, 0.15) is 37.8 Å². The molecule has 4 nitrogen and oxygen atoms in total. The molecule has 17 heavy (non-hydrogen) atoms. The molecule has 1 saturated carbocycles. The Morgan fingerprint density at radius 3 is 2.76 bits per heavy atom. The number of aryl methyl sites for hydroxylation is 1. The SMILES string of the molecule is Cn1cc(CNCC2(CCl)CCCCC2)nn1. The summed E-state index contributed by atoms with van der Waals surface area (Å²) in [6, 6.07) is 0. The van der Waals surface area contributed by atoms with Gasteiger partial charge in [-0.05, 0) is 18.3 Å². The Morgan fingerprint density at radius 2 is 2.18 bits per heavy atom. The number of rotatable bonds is 5. The Morgan fingerprint density at radius 1 is 1.41 bits per heavy atom. The van der Waals surface area contributed by atoms with Crippen molar-refractivity contribution in [3.05, 3.63) is 11.9 Å². The molecule has 1 aliphatic rings. The Balaban J connectivity index is 1.79. The van der Waals surface area contributed by atoms with E-state index in [1.165, 1.54) is 32.1 Å². The molecule has 1 aromatic heterocycles. The minimum absolute atomic E-state index is 0.308. The molecular weight excluding hydrogens is 236 g/mol. The molecule has 1 fully saturated rings. The summed E-state index contributed by atoms with van der Waals surface area (Å²) in [4.78, 5) is 0. The largest absolute Gasteiger partial charge is 0.310 e. The van der Waals surface area contributed by atoms with Crippen LogP contribution in [-0.2, 0) is 13.6 Å². The van der Waals surface area contributed by atoms with Gasteiger partial charge in [0, 0.05) is 32.2 Å². The summed E-state index contributed by atoms with van der Waals surface area (Å²) in [5, 5.41) is 11.5. The second-order valence-corrected chi connectivity index (χ2v) is 5.45. The first-order chi connectivity index (χ1) is 8.24. The molecular formula is C12H21ClN4. The van der Waals surface area contributed by atoms with Crippen molar-refractivity contribution in [2.24, 2.45) is 12.5 Å². The highest BCUT2D eigenvalue weighted by atomic mass is 35.5. The van der Waals surface area contributed by atoms with E-state index in [1.54, 1.807) is 4.68 Å². The second kappa shape index (κ2) is 5.83. The molecule has 0 atom stereocenters. The third-order valence-electron chi connectivity index (χ3n) is 3.65. The molecule has 0 radical (unpaired) electrons. The van der Waals surface area contributed by atoms with E-state index < -0.39 is 0 Å². The molecule has 0 saturated heterocycles. The van der Waals surface area contributed by atoms with E-state index in [0.29, 0.717) is 5.41 Å². The number of nitrogens with zero attached hydrogens (tertiary/aromatic N) is 3. The van der Waals surface area contributed by atoms with Gasteiger partial charge in [0.15, 0.2) is 0 Å². The van der Waals surface area contributed by atoms with Gasteiger partial charge in [-0.3, -0.25) is 4.68 Å². The van der Waals surface area contributed by atoms with Crippen molar-refractivity contribution in [2.45, 2.75) is 38.6 Å². The summed E-state index contributed by atoms with van der Waals surface area (Å²) in [6.07, 6.45) is 8.46. The third kappa shape index (κ3) is 3.42. The normalized spacial score (nSPS) is 19.4. The molecule has 0 spiro atoms. The van der Waals surface area contributed by atoms with E-state index in [9.17, 15) is 0 Å². The molecule has 0 bridgehead atoms. The van der Waals surface area contributed by atoms with Crippen LogP contribution in [0, 0.1) is 5.41 Å². The quantitative estimate of drug-likeness (QED) is 0.821. The van der Waals surface area contributed by atoms with Gasteiger partial charge in [0.1, 0.15) is 0 Å². The van der Waals surface area contributed by atoms with E-state index in [1.807, 2.05) is 13.2 Å². The summed E-state index contributed by atoms with van der Waals surface area (Å²) < 4.78 is 1.73. The Hall–Kier alpha value is -0.610. The van der Waals surface area contributed by atoms with Gasteiger partial charge in [0.25, 0.3) is 0 Å². The predicted molar refractivity (Wildman–Crippen MR) is 68.9 cm³/mol. The van der Waals surface area contributed by atoms with Gasteiger partial charge < -0.3 is 5.32 Å². The van der Waals surface area contributed by atoms with Crippen molar-refractivity contribution in [3.8, 4) is 0 Å². The van der Waals surface area contributed by atoms with Crippen LogP contribution in [0.3, 0.4) is 0 Å². The average molecular weight is 257 g/mol. The lowest BCUT2D eigenvalue weighted by Crippen LogP contribution is -2.37. The fourth-order valence-electron chi connectivity index (χ4n) is 2.59. The van der Waals surface area contributed by atoms with Gasteiger partial charge in [0.05, 0.1) is 5.69 Å². The minimum atomic E-state index is 0.308. The average Bonchev–Trinajstić information content (AvgIpc) is 2.76. The summed E-state index contributed by atoms with van der Waals surface area (Å²) >= 11 is 6.15. The van der Waals surface area contributed by atoms with Gasteiger partial charge >= 0.3 is 0 Å². The first-order valence-electron chi connectivity index (χ1n) is 6.36. The van der Waals surface area contributed by atoms with Crippen molar-refractivity contribution in [1.82, 2.24) is 20.3 Å². The van der Waals surface area contributed by atoms with Crippen molar-refractivity contribution in [1.29, 1.82) is 0 Å². The number of alkyl halides is 1. The molecule has 0 unspecified atom stereocenters. The van der Waals surface area contributed by atoms with E-state index in [-0.39, 0.29) is 0 Å². The van der Waals surface area contributed by atoms with Crippen LogP contribution in [0.4, 0.5) is 0 Å². The zero-order valence-electron chi connectivity index (χ0n) is 10.5. The lowest BCUT2D eigenvalue weighted by Gasteiger charge is -2.35. The maximum atomic E-state index is 6.15. The smallest absolute Gasteiger partial charge is 0.0964 e. The third-order valence-corrected chi connectivity index (χ3v) is 4.22. The van der Waals surface area contributed by atoms with Gasteiger partial charge in [-0.2, -0.15) is 0 Å². The van der Waals surface area contributed by atoms with Crippen LogP contribution < -0.4 is 5.32 Å². The van der Waals surface area contributed by atoms with Crippen molar-refractivity contribution in [3.63, 3.8) is 0 Å². The summed E-state index contributed by atoms with van der Waals surface area (Å²) in [5.41, 5.74) is 1.30. The van der Waals surface area contributed by atoms with E-state index in [0.717, 1.165) is 24.7 Å². The van der Waals surface area contributed by atoms with Gasteiger partial charge in [-0.1, -0.05) is 24.5 Å². The zero-order valence-corrected chi connectivity index (χ0v) is 11.2. The number of aromatic nitrogens is 3. The summed E-state index contributed by atoms with van der Waals surface area (Å²) in [7, 11) is 1.89. The van der Waals surface area contributed by atoms with E-state index in [4.69, 9.17) is 11.6 Å². The number of hydrogen-bond acceptors (Lipinski definition) is 3. The molecule has 2 rings (SSSR count). The van der Waals surface area contributed by atoms with Crippen LogP contribution in [0.5, 0.6) is 0 Å². The summed E-state index contributed by atoms with van der Waals surface area (Å²) in [6.45, 7) is 1.78. The van der Waals surface area contributed by atoms with Crippen LogP contribution in [0.25, 0.3) is 0 Å². The monoisotopic (exact) mass is 256 g/mol. The molecule has 0 aliphatic heterocycles. The Bertz CT molecular complexity index is 344. The maximum absolute atomic E-state index is 6.15. The molecule has 1 aromatic rings. The van der Waals surface area contributed by atoms with Crippen molar-refractivity contribution >= 4 is 11.6 Å². The molecule has 1 aliphatic carbocycles. The van der Waals surface area contributed by atoms with Crippen molar-refractivity contribution < 1.29 is 0 Å². The second-order valence-electron chi connectivity index (χ2n) is 5.18. The van der Waals surface area contributed by atoms with Crippen LogP contribution in [-0.4, -0.2) is 27.4 Å². The lowest BCUT2D eigenvalue weighted by atomic mass is 9.75. The summed E-state index contributed by atoms with van der Waals surface area (Å²) in [5.74, 6) is 0.764. The van der Waals surface area contributed by atoms with Crippen LogP contribution >= 0.6 is 11.6 Å². The predicted octanol–water partition coefficient (Wildman–Crippen LogP) is 2.09. The van der Waals surface area contributed by atoms with E-state index in [2.05, 4.69) is 15.6 Å². The fourth-order valence-corrected chi connectivity index (χ4v) is 2.95. The van der Waals surface area contributed by atoms with Gasteiger partial charge in [-0.25, -0.2) is 0 Å². The molecule has 1 heterocycles. The first-order valence-corrected chi connectivity index (χ1v) is 6.89. The maximum Gasteiger partial charge on any atom is 0.0964 e. The van der Waals surface area contributed by atoms with Crippen LogP contribution in [0.2, 0.25) is 0 Å². The standard InChI is InChI=1S/C12H21ClN4/c1-17-8-11(15-16-17)7-14-10-12(9-13)5-3-2-4-6-12/h8,14H,2-7,9-10H2,1H3. The topological polar surface area (TPSA) is 42.7 Å². The highest BCUT2D eigenvalue weighted by molar-refractivity contribution is 6.18. The molecule has 0 amide bonds. The van der Waals surface area contributed by atoms with E-state index >= 15 is 0 Å². The Labute approximate surface area is 108 Å². The minimum Gasteiger partial charge on any atom is -0.310 e. The highest BCUT2D eigenvalue weighted by Gasteiger charge is 2.30. The number of nitrogens with one attached hydrogen (secondary N) is 1. The molecule has 0 aromatic carbocycles. The highest BCUT2D eigenvalue weighted by Crippen LogP contribution is 2.36. The molecule has 5 heteroatoms. The Kier molecular flexibility index (Phi) is 4.40. The first kappa shape index (κ1) is 12.8. The fraction of sp³-hybridized carbons (Fsp3) is 0.833. The molecule has 1 N–H and O–H groups in total. The number of halogens is 1. The van der Waals surface area contributed by atoms with Crippen molar-refractivity contribution in [2.75, 3.05) is 12.4 Å². The van der Waals surface area contributed by atoms with Gasteiger partial charge in [0.2, 0.25) is 0 Å². The van der Waals surface area contributed by atoms with Crippen LogP contribution in [0.15, 0.2) is 6.20 Å². The number of hydrogen-bond donors (Lipinski definition) is 1.